The molecule has 10 heteroatoms. The quantitative estimate of drug-likeness (QED) is 0.0875. The van der Waals surface area contributed by atoms with Gasteiger partial charge in [0.15, 0.2) is 34.6 Å². The van der Waals surface area contributed by atoms with Gasteiger partial charge in [0.1, 0.15) is 22.6 Å². The lowest BCUT2D eigenvalue weighted by Crippen LogP contribution is -2.09. The molecule has 0 aliphatic carbocycles. The number of hydrogen-bond acceptors (Lipinski definition) is 10. The van der Waals surface area contributed by atoms with E-state index in [-0.39, 0.29) is 52.0 Å². The maximum Gasteiger partial charge on any atom is 0.347 e. The fraction of sp³-hybridized carbons (Fsp3) is 0.0857. The van der Waals surface area contributed by atoms with Gasteiger partial charge in [0.25, 0.3) is 0 Å². The molecular weight excluding hydrogens is 580 g/mol. The second-order valence-corrected chi connectivity index (χ2v) is 9.41. The molecule has 0 spiro atoms. The van der Waals surface area contributed by atoms with Crippen LogP contribution < -0.4 is 18.9 Å². The van der Waals surface area contributed by atoms with Crippen molar-refractivity contribution in [2.45, 2.75) is 6.42 Å². The van der Waals surface area contributed by atoms with Gasteiger partial charge >= 0.3 is 11.9 Å². The molecule has 0 amide bonds. The van der Waals surface area contributed by atoms with Gasteiger partial charge in [-0.2, -0.15) is 0 Å². The Bertz CT molecular complexity index is 1670. The lowest BCUT2D eigenvalue weighted by Gasteiger charge is -2.10. The summed E-state index contributed by atoms with van der Waals surface area (Å²) in [4.78, 5) is 49.7. The number of aromatic hydroxyl groups is 2. The van der Waals surface area contributed by atoms with Crippen molar-refractivity contribution in [2.24, 2.45) is 0 Å². The van der Waals surface area contributed by atoms with Gasteiger partial charge in [-0.05, 0) is 71.8 Å². The van der Waals surface area contributed by atoms with Crippen LogP contribution in [0.2, 0.25) is 0 Å². The van der Waals surface area contributed by atoms with Gasteiger partial charge in [-0.25, -0.2) is 9.59 Å². The molecule has 0 saturated carbocycles. The van der Waals surface area contributed by atoms with Crippen LogP contribution >= 0.6 is 0 Å². The molecule has 45 heavy (non-hydrogen) atoms. The summed E-state index contributed by atoms with van der Waals surface area (Å²) >= 11 is 0. The minimum absolute atomic E-state index is 0.00442. The SMILES string of the molecule is COc1cc(/C=C/C(=O)CC(=O)/C=C/c2ccc(OC(=O)c3ccccc3O)c(OC)c2)ccc1OC(=O)c1ccccc1O. The highest BCUT2D eigenvalue weighted by molar-refractivity contribution is 6.11. The monoisotopic (exact) mass is 608 g/mol. The lowest BCUT2D eigenvalue weighted by atomic mass is 10.1. The molecule has 0 bridgehead atoms. The highest BCUT2D eigenvalue weighted by atomic mass is 16.6. The smallest absolute Gasteiger partial charge is 0.347 e. The number of hydrogen-bond donors (Lipinski definition) is 2. The van der Waals surface area contributed by atoms with Crippen LogP contribution in [0.3, 0.4) is 0 Å². The van der Waals surface area contributed by atoms with Crippen molar-refractivity contribution in [1.82, 2.24) is 0 Å². The molecule has 0 aliphatic rings. The van der Waals surface area contributed by atoms with E-state index in [4.69, 9.17) is 18.9 Å². The molecule has 0 unspecified atom stereocenters. The Morgan fingerprint density at radius 3 is 1.36 bits per heavy atom. The van der Waals surface area contributed by atoms with Crippen LogP contribution in [-0.2, 0) is 9.59 Å². The highest BCUT2D eigenvalue weighted by Gasteiger charge is 2.17. The number of ketones is 2. The average molecular weight is 609 g/mol. The van der Waals surface area contributed by atoms with E-state index in [0.717, 1.165) is 0 Å². The number of para-hydroxylation sites is 2. The van der Waals surface area contributed by atoms with E-state index in [2.05, 4.69) is 0 Å². The standard InChI is InChI=1S/C35H28O10/c1-42-32-19-22(13-17-30(32)44-34(40)26-7-3-5-9-28(26)38)11-15-24(36)21-25(37)16-12-23-14-18-31(33(20-23)43-2)45-35(41)27-8-4-6-10-29(27)39/h3-20,38-39H,21H2,1-2H3/b15-11+,16-12+. The summed E-state index contributed by atoms with van der Waals surface area (Å²) in [6, 6.07) is 21.2. The van der Waals surface area contributed by atoms with E-state index in [1.54, 1.807) is 48.5 Å². The van der Waals surface area contributed by atoms with Gasteiger partial charge in [0.05, 0.1) is 20.6 Å². The Balaban J connectivity index is 1.34. The van der Waals surface area contributed by atoms with Crippen LogP contribution in [0.4, 0.5) is 0 Å². The van der Waals surface area contributed by atoms with E-state index in [0.29, 0.717) is 11.1 Å². The third-order valence-corrected chi connectivity index (χ3v) is 6.30. The Kier molecular flexibility index (Phi) is 10.5. The maximum absolute atomic E-state index is 12.4. The van der Waals surface area contributed by atoms with Crippen molar-refractivity contribution in [3.63, 3.8) is 0 Å². The Hall–Kier alpha value is -6.16. The molecule has 0 aromatic heterocycles. The van der Waals surface area contributed by atoms with Gasteiger partial charge in [-0.15, -0.1) is 0 Å². The van der Waals surface area contributed by atoms with E-state index >= 15 is 0 Å². The second-order valence-electron chi connectivity index (χ2n) is 9.41. The summed E-state index contributed by atoms with van der Waals surface area (Å²) in [6.45, 7) is 0. The fourth-order valence-corrected chi connectivity index (χ4v) is 4.01. The van der Waals surface area contributed by atoms with Crippen LogP contribution in [0.1, 0.15) is 38.3 Å². The summed E-state index contributed by atoms with van der Waals surface area (Å²) in [5.74, 6) is -2.16. The molecule has 0 heterocycles. The number of phenols is 2. The molecular formula is C35H28O10. The summed E-state index contributed by atoms with van der Waals surface area (Å²) in [5, 5.41) is 19.8. The number of phenolic OH excluding ortho intramolecular Hbond substituents is 2. The minimum atomic E-state index is -0.765. The van der Waals surface area contributed by atoms with Crippen molar-refractivity contribution in [3.8, 4) is 34.5 Å². The number of rotatable bonds is 12. The first-order chi connectivity index (χ1) is 21.7. The molecule has 2 N–H and O–H groups in total. The zero-order valence-corrected chi connectivity index (χ0v) is 24.3. The zero-order valence-electron chi connectivity index (χ0n) is 24.3. The van der Waals surface area contributed by atoms with Gasteiger partial charge < -0.3 is 29.2 Å². The summed E-state index contributed by atoms with van der Waals surface area (Å²) in [6.07, 6.45) is 5.12. The van der Waals surface area contributed by atoms with Crippen LogP contribution in [0.25, 0.3) is 12.2 Å². The van der Waals surface area contributed by atoms with Gasteiger partial charge in [-0.3, -0.25) is 9.59 Å². The first-order valence-electron chi connectivity index (χ1n) is 13.5. The van der Waals surface area contributed by atoms with E-state index in [1.165, 1.54) is 74.9 Å². The van der Waals surface area contributed by atoms with Gasteiger partial charge in [-0.1, -0.05) is 48.6 Å². The molecule has 228 valence electrons. The van der Waals surface area contributed by atoms with E-state index in [9.17, 15) is 29.4 Å². The third-order valence-electron chi connectivity index (χ3n) is 6.30. The third kappa shape index (κ3) is 8.45. The predicted molar refractivity (Wildman–Crippen MR) is 165 cm³/mol. The van der Waals surface area contributed by atoms with Crippen LogP contribution in [0.15, 0.2) is 97.1 Å². The molecule has 0 radical (unpaired) electrons. The number of methoxy groups -OCH3 is 2. The Morgan fingerprint density at radius 2 is 0.978 bits per heavy atom. The fourth-order valence-electron chi connectivity index (χ4n) is 4.01. The van der Waals surface area contributed by atoms with Crippen LogP contribution in [-0.4, -0.2) is 47.9 Å². The predicted octanol–water partition coefficient (Wildman–Crippen LogP) is 5.81. The van der Waals surface area contributed by atoms with Crippen molar-refractivity contribution < 1.29 is 48.3 Å². The van der Waals surface area contributed by atoms with Crippen molar-refractivity contribution in [2.75, 3.05) is 14.2 Å². The van der Waals surface area contributed by atoms with Crippen LogP contribution in [0.5, 0.6) is 34.5 Å². The summed E-state index contributed by atoms with van der Waals surface area (Å²) in [7, 11) is 2.78. The van der Waals surface area contributed by atoms with Gasteiger partial charge in [0.2, 0.25) is 0 Å². The number of carbonyl (C=O) groups excluding carboxylic acids is 4. The Morgan fingerprint density at radius 1 is 0.578 bits per heavy atom. The lowest BCUT2D eigenvalue weighted by molar-refractivity contribution is -0.121. The molecule has 4 aromatic rings. The first kappa shape index (κ1) is 31.8. The topological polar surface area (TPSA) is 146 Å². The molecule has 0 fully saturated rings. The molecule has 4 rings (SSSR count). The van der Waals surface area contributed by atoms with Crippen molar-refractivity contribution in [3.05, 3.63) is 119 Å². The largest absolute Gasteiger partial charge is 0.507 e. The number of benzene rings is 4. The number of esters is 2. The zero-order chi connectivity index (χ0) is 32.3. The highest BCUT2D eigenvalue weighted by Crippen LogP contribution is 2.31. The molecule has 4 aromatic carbocycles. The minimum Gasteiger partial charge on any atom is -0.507 e. The van der Waals surface area contributed by atoms with Crippen molar-refractivity contribution in [1.29, 1.82) is 0 Å². The number of ether oxygens (including phenoxy) is 4. The van der Waals surface area contributed by atoms with Gasteiger partial charge in [0, 0.05) is 0 Å². The molecule has 0 atom stereocenters. The normalized spacial score (nSPS) is 10.9. The van der Waals surface area contributed by atoms with E-state index < -0.39 is 23.5 Å². The average Bonchev–Trinajstić information content (AvgIpc) is 3.04. The Labute approximate surface area is 258 Å². The number of carbonyl (C=O) groups is 4. The van der Waals surface area contributed by atoms with Crippen LogP contribution in [0, 0.1) is 0 Å². The maximum atomic E-state index is 12.4. The van der Waals surface area contributed by atoms with E-state index in [1.807, 2.05) is 0 Å². The molecule has 0 saturated heterocycles. The van der Waals surface area contributed by atoms with Crippen molar-refractivity contribution >= 4 is 35.7 Å². The first-order valence-corrected chi connectivity index (χ1v) is 13.5. The summed E-state index contributed by atoms with van der Waals surface area (Å²) < 4.78 is 21.3. The second kappa shape index (κ2) is 14.8. The number of allylic oxidation sites excluding steroid dienone is 2. The molecule has 0 aliphatic heterocycles. The molecule has 10 nitrogen and oxygen atoms in total. The summed E-state index contributed by atoms with van der Waals surface area (Å²) in [5.41, 5.74) is 1.10.